The van der Waals surface area contributed by atoms with Crippen molar-refractivity contribution in [3.05, 3.63) is 57.7 Å². The number of methoxy groups -OCH3 is 1. The predicted molar refractivity (Wildman–Crippen MR) is 126 cm³/mol. The van der Waals surface area contributed by atoms with Gasteiger partial charge in [-0.2, -0.15) is 0 Å². The minimum Gasteiger partial charge on any atom is -0.497 e. The highest BCUT2D eigenvalue weighted by Gasteiger charge is 2.28. The number of carbonyl (C=O) groups is 2. The minimum atomic E-state index is -0.574. The summed E-state index contributed by atoms with van der Waals surface area (Å²) >= 11 is 2.21. The van der Waals surface area contributed by atoms with E-state index in [2.05, 4.69) is 27.9 Å². The molecule has 0 aliphatic carbocycles. The molecule has 0 aliphatic rings. The molecule has 0 fully saturated rings. The van der Waals surface area contributed by atoms with Gasteiger partial charge in [-0.3, -0.25) is 9.59 Å². The highest BCUT2D eigenvalue weighted by atomic mass is 127. The van der Waals surface area contributed by atoms with E-state index in [4.69, 9.17) is 9.47 Å². The fraction of sp³-hybridized carbons (Fsp3) is 0.391. The zero-order valence-corrected chi connectivity index (χ0v) is 19.8. The molecule has 0 aliphatic heterocycles. The quantitative estimate of drug-likeness (QED) is 0.452. The number of hydrogen-bond acceptors (Lipinski definition) is 4. The molecule has 2 rings (SSSR count). The predicted octanol–water partition coefficient (Wildman–Crippen LogP) is 4.01. The summed E-state index contributed by atoms with van der Waals surface area (Å²) in [5.74, 6) is 0.937. The molecule has 0 spiro atoms. The molecule has 30 heavy (non-hydrogen) atoms. The molecule has 2 aromatic rings. The number of halogens is 1. The summed E-state index contributed by atoms with van der Waals surface area (Å²) in [7, 11) is 1.60. The summed E-state index contributed by atoms with van der Waals surface area (Å²) in [5, 5.41) is 2.91. The van der Waals surface area contributed by atoms with Crippen LogP contribution in [0.2, 0.25) is 0 Å². The lowest BCUT2D eigenvalue weighted by molar-refractivity contribution is -0.143. The van der Waals surface area contributed by atoms with E-state index in [1.54, 1.807) is 12.0 Å². The first-order valence-electron chi connectivity index (χ1n) is 10.1. The lowest BCUT2D eigenvalue weighted by Gasteiger charge is -2.30. The van der Waals surface area contributed by atoms with Gasteiger partial charge in [-0.25, -0.2) is 0 Å². The second-order valence-corrected chi connectivity index (χ2v) is 8.08. The van der Waals surface area contributed by atoms with Crippen LogP contribution in [-0.2, 0) is 16.1 Å². The van der Waals surface area contributed by atoms with Crippen LogP contribution < -0.4 is 14.8 Å². The number of carbonyl (C=O) groups excluding carboxylic acids is 2. The largest absolute Gasteiger partial charge is 0.497 e. The standard InChI is InChI=1S/C23H29IN2O4/c1-4-13-25-23(28)21(5-2)26(15-17-7-6-8-20(14-17)29-3)22(27)16-30-19-11-9-18(24)10-12-19/h6-12,14,21H,4-5,13,15-16H2,1-3H3,(H,25,28)/t21-/m0/s1. The molecule has 162 valence electrons. The van der Waals surface area contributed by atoms with Crippen molar-refractivity contribution < 1.29 is 19.1 Å². The maximum atomic E-state index is 13.1. The van der Waals surface area contributed by atoms with E-state index in [1.807, 2.05) is 62.4 Å². The second-order valence-electron chi connectivity index (χ2n) is 6.83. The Balaban J connectivity index is 2.20. The monoisotopic (exact) mass is 524 g/mol. The SMILES string of the molecule is CCCNC(=O)[C@H](CC)N(Cc1cccc(OC)c1)C(=O)COc1ccc(I)cc1. The number of hydrogen-bond donors (Lipinski definition) is 1. The van der Waals surface area contributed by atoms with Crippen LogP contribution in [0.15, 0.2) is 48.5 Å². The molecule has 1 atom stereocenters. The Labute approximate surface area is 192 Å². The van der Waals surface area contributed by atoms with Gasteiger partial charge in [0.25, 0.3) is 5.91 Å². The Morgan fingerprint density at radius 1 is 1.10 bits per heavy atom. The van der Waals surface area contributed by atoms with Crippen molar-refractivity contribution in [3.63, 3.8) is 0 Å². The van der Waals surface area contributed by atoms with Gasteiger partial charge >= 0.3 is 0 Å². The normalized spacial score (nSPS) is 11.5. The van der Waals surface area contributed by atoms with E-state index in [0.717, 1.165) is 15.6 Å². The lowest BCUT2D eigenvalue weighted by atomic mass is 10.1. The molecule has 2 amide bonds. The van der Waals surface area contributed by atoms with Crippen LogP contribution in [0.5, 0.6) is 11.5 Å². The summed E-state index contributed by atoms with van der Waals surface area (Å²) in [5.41, 5.74) is 0.888. The van der Waals surface area contributed by atoms with Crippen LogP contribution in [0.3, 0.4) is 0 Å². The third-order valence-corrected chi connectivity index (χ3v) is 5.32. The Hall–Kier alpha value is -2.29. The van der Waals surface area contributed by atoms with Crippen LogP contribution in [0.25, 0.3) is 0 Å². The van der Waals surface area contributed by atoms with Gasteiger partial charge in [-0.1, -0.05) is 26.0 Å². The molecule has 0 unspecified atom stereocenters. The molecule has 7 heteroatoms. The molecular weight excluding hydrogens is 495 g/mol. The average Bonchev–Trinajstić information content (AvgIpc) is 2.77. The van der Waals surface area contributed by atoms with Crippen molar-refractivity contribution in [2.24, 2.45) is 0 Å². The molecule has 1 N–H and O–H groups in total. The summed E-state index contributed by atoms with van der Waals surface area (Å²) in [6.07, 6.45) is 1.34. The maximum absolute atomic E-state index is 13.1. The molecule has 0 bridgehead atoms. The fourth-order valence-corrected chi connectivity index (χ4v) is 3.37. The van der Waals surface area contributed by atoms with Crippen LogP contribution in [0.4, 0.5) is 0 Å². The van der Waals surface area contributed by atoms with E-state index < -0.39 is 6.04 Å². The van der Waals surface area contributed by atoms with E-state index in [9.17, 15) is 9.59 Å². The fourth-order valence-electron chi connectivity index (χ4n) is 3.01. The Kier molecular flexibility index (Phi) is 9.93. The van der Waals surface area contributed by atoms with Gasteiger partial charge in [0.05, 0.1) is 7.11 Å². The highest BCUT2D eigenvalue weighted by molar-refractivity contribution is 14.1. The summed E-state index contributed by atoms with van der Waals surface area (Å²) in [6, 6.07) is 14.4. The number of benzene rings is 2. The molecular formula is C23H29IN2O4. The molecule has 2 aromatic carbocycles. The summed E-state index contributed by atoms with van der Waals surface area (Å²) < 4.78 is 12.1. The van der Waals surface area contributed by atoms with Crippen LogP contribution >= 0.6 is 22.6 Å². The first-order valence-corrected chi connectivity index (χ1v) is 11.1. The Morgan fingerprint density at radius 3 is 2.47 bits per heavy atom. The van der Waals surface area contributed by atoms with Crippen molar-refractivity contribution in [2.45, 2.75) is 39.3 Å². The molecule has 0 saturated carbocycles. The average molecular weight is 524 g/mol. The third-order valence-electron chi connectivity index (χ3n) is 4.60. The van der Waals surface area contributed by atoms with Crippen LogP contribution in [-0.4, -0.2) is 43.0 Å². The first kappa shape index (κ1) is 24.0. The number of amides is 2. The smallest absolute Gasteiger partial charge is 0.261 e. The molecule has 6 nitrogen and oxygen atoms in total. The second kappa shape index (κ2) is 12.4. The molecule has 0 radical (unpaired) electrons. The highest BCUT2D eigenvalue weighted by Crippen LogP contribution is 2.18. The molecule has 0 saturated heterocycles. The molecule has 0 heterocycles. The first-order chi connectivity index (χ1) is 14.5. The Morgan fingerprint density at radius 2 is 1.83 bits per heavy atom. The van der Waals surface area contributed by atoms with E-state index in [0.29, 0.717) is 31.0 Å². The molecule has 0 aromatic heterocycles. The van der Waals surface area contributed by atoms with E-state index in [-0.39, 0.29) is 18.4 Å². The van der Waals surface area contributed by atoms with Crippen molar-refractivity contribution in [2.75, 3.05) is 20.3 Å². The third kappa shape index (κ3) is 7.19. The van der Waals surface area contributed by atoms with Crippen LogP contribution in [0, 0.1) is 3.57 Å². The van der Waals surface area contributed by atoms with Gasteiger partial charge in [-0.05, 0) is 77.4 Å². The van der Waals surface area contributed by atoms with Gasteiger partial charge in [-0.15, -0.1) is 0 Å². The van der Waals surface area contributed by atoms with Crippen molar-refractivity contribution in [1.82, 2.24) is 10.2 Å². The Bertz CT molecular complexity index is 826. The van der Waals surface area contributed by atoms with Gasteiger partial charge in [0.2, 0.25) is 5.91 Å². The number of nitrogens with one attached hydrogen (secondary N) is 1. The minimum absolute atomic E-state index is 0.137. The van der Waals surface area contributed by atoms with E-state index in [1.165, 1.54) is 0 Å². The van der Waals surface area contributed by atoms with Crippen LogP contribution in [0.1, 0.15) is 32.3 Å². The number of ether oxygens (including phenoxy) is 2. The lowest BCUT2D eigenvalue weighted by Crippen LogP contribution is -2.50. The summed E-state index contributed by atoms with van der Waals surface area (Å²) in [4.78, 5) is 27.4. The van der Waals surface area contributed by atoms with Gasteiger partial charge in [0.15, 0.2) is 6.61 Å². The number of rotatable bonds is 11. The zero-order valence-electron chi connectivity index (χ0n) is 17.7. The van der Waals surface area contributed by atoms with Crippen molar-refractivity contribution in [1.29, 1.82) is 0 Å². The maximum Gasteiger partial charge on any atom is 0.261 e. The van der Waals surface area contributed by atoms with Crippen molar-refractivity contribution >= 4 is 34.4 Å². The van der Waals surface area contributed by atoms with Gasteiger partial charge in [0, 0.05) is 16.7 Å². The van der Waals surface area contributed by atoms with Gasteiger partial charge < -0.3 is 19.7 Å². The topological polar surface area (TPSA) is 67.9 Å². The zero-order chi connectivity index (χ0) is 21.9. The van der Waals surface area contributed by atoms with E-state index >= 15 is 0 Å². The van der Waals surface area contributed by atoms with Crippen molar-refractivity contribution in [3.8, 4) is 11.5 Å². The number of nitrogens with zero attached hydrogens (tertiary/aromatic N) is 1. The van der Waals surface area contributed by atoms with Gasteiger partial charge in [0.1, 0.15) is 17.5 Å². The summed E-state index contributed by atoms with van der Waals surface area (Å²) in [6.45, 7) is 4.64.